The molecule has 208 valence electrons. The molecule has 13 heteroatoms. The van der Waals surface area contributed by atoms with Gasteiger partial charge in [0.05, 0.1) is 47.3 Å². The zero-order valence-corrected chi connectivity index (χ0v) is 23.1. The second-order valence-corrected chi connectivity index (χ2v) is 10.4. The Morgan fingerprint density at radius 3 is 2.78 bits per heavy atom. The maximum Gasteiger partial charge on any atom is 0.411 e. The molecule has 0 aliphatic carbocycles. The van der Waals surface area contributed by atoms with Gasteiger partial charge in [0.25, 0.3) is 0 Å². The summed E-state index contributed by atoms with van der Waals surface area (Å²) in [6.07, 6.45) is 3.02. The third kappa shape index (κ3) is 5.14. The Labute approximate surface area is 237 Å². The molecular weight excluding hydrogens is 548 g/mol. The molecule has 3 aromatic heterocycles. The number of benzene rings is 2. The van der Waals surface area contributed by atoms with Crippen molar-refractivity contribution in [1.29, 1.82) is 0 Å². The van der Waals surface area contributed by atoms with Crippen LogP contribution in [-0.4, -0.2) is 58.4 Å². The first-order valence-electron chi connectivity index (χ1n) is 12.5. The van der Waals surface area contributed by atoms with Crippen LogP contribution in [0.25, 0.3) is 31.8 Å². The molecule has 1 aliphatic heterocycles. The largest absolute Gasteiger partial charge is 0.484 e. The second kappa shape index (κ2) is 10.5. The normalized spacial score (nSPS) is 14.2. The highest BCUT2D eigenvalue weighted by Gasteiger charge is 2.27. The number of nitrogens with two attached hydrogens (primary N) is 1. The third-order valence-corrected chi connectivity index (χ3v) is 7.45. The lowest BCUT2D eigenvalue weighted by molar-refractivity contribution is 0.0383. The molecule has 1 atom stereocenters. The molecule has 0 saturated heterocycles. The molecule has 0 radical (unpaired) electrons. The monoisotopic (exact) mass is 572 g/mol. The fraction of sp³-hybridized carbons (Fsp3) is 0.214. The van der Waals surface area contributed by atoms with E-state index >= 15 is 0 Å². The minimum atomic E-state index is -0.729. The molecule has 41 heavy (non-hydrogen) atoms. The fourth-order valence-electron chi connectivity index (χ4n) is 4.47. The van der Waals surface area contributed by atoms with Crippen molar-refractivity contribution < 1.29 is 28.5 Å². The van der Waals surface area contributed by atoms with E-state index in [9.17, 15) is 9.59 Å². The highest BCUT2D eigenvalue weighted by Crippen LogP contribution is 2.46. The Hall–Kier alpha value is -5.04. The fourth-order valence-corrected chi connectivity index (χ4v) is 5.62. The summed E-state index contributed by atoms with van der Waals surface area (Å²) in [4.78, 5) is 41.6. The Morgan fingerprint density at radius 2 is 1.98 bits per heavy atom. The number of aryl methyl sites for hydroxylation is 2. The van der Waals surface area contributed by atoms with Gasteiger partial charge in [-0.05, 0) is 49.2 Å². The Morgan fingerprint density at radius 1 is 1.12 bits per heavy atom. The van der Waals surface area contributed by atoms with Gasteiger partial charge in [-0.15, -0.1) is 11.3 Å². The van der Waals surface area contributed by atoms with Crippen LogP contribution in [-0.2, 0) is 4.74 Å². The van der Waals surface area contributed by atoms with Gasteiger partial charge in [-0.2, -0.15) is 0 Å². The van der Waals surface area contributed by atoms with Crippen molar-refractivity contribution in [3.8, 4) is 28.0 Å². The van der Waals surface area contributed by atoms with E-state index in [1.165, 1.54) is 29.8 Å². The zero-order chi connectivity index (χ0) is 28.7. The number of pyridine rings is 1. The van der Waals surface area contributed by atoms with Gasteiger partial charge in [0, 0.05) is 11.8 Å². The summed E-state index contributed by atoms with van der Waals surface area (Å²) in [6, 6.07) is 7.28. The molecule has 2 aromatic carbocycles. The van der Waals surface area contributed by atoms with Crippen molar-refractivity contribution in [3.63, 3.8) is 0 Å². The van der Waals surface area contributed by atoms with Gasteiger partial charge in [-0.1, -0.05) is 0 Å². The molecule has 1 aliphatic rings. The van der Waals surface area contributed by atoms with Gasteiger partial charge in [-0.25, -0.2) is 19.7 Å². The van der Waals surface area contributed by atoms with Gasteiger partial charge in [0.2, 0.25) is 11.8 Å². The van der Waals surface area contributed by atoms with Crippen LogP contribution in [0.5, 0.6) is 17.4 Å². The molecule has 4 heterocycles. The van der Waals surface area contributed by atoms with Crippen LogP contribution in [0.3, 0.4) is 0 Å². The van der Waals surface area contributed by atoms with E-state index in [4.69, 9.17) is 29.7 Å². The first-order chi connectivity index (χ1) is 19.8. The van der Waals surface area contributed by atoms with E-state index in [0.29, 0.717) is 17.4 Å². The van der Waals surface area contributed by atoms with Crippen molar-refractivity contribution in [2.24, 2.45) is 5.73 Å². The minimum absolute atomic E-state index is 0.0589. The topological polar surface area (TPSA) is 161 Å². The van der Waals surface area contributed by atoms with E-state index < -0.39 is 18.1 Å². The molecule has 0 bridgehead atoms. The van der Waals surface area contributed by atoms with Crippen molar-refractivity contribution in [2.45, 2.75) is 20.0 Å². The van der Waals surface area contributed by atoms with E-state index in [2.05, 4.69) is 20.3 Å². The average molecular weight is 573 g/mol. The smallest absolute Gasteiger partial charge is 0.411 e. The molecule has 2 amide bonds. The van der Waals surface area contributed by atoms with Crippen LogP contribution in [0.15, 0.2) is 42.9 Å². The van der Waals surface area contributed by atoms with E-state index in [0.717, 1.165) is 42.9 Å². The number of carbonyl (C=O) groups excluding carboxylic acids is 2. The number of methoxy groups -OCH3 is 1. The number of primary amides is 1. The highest BCUT2D eigenvalue weighted by molar-refractivity contribution is 7.22. The number of hydrogen-bond acceptors (Lipinski definition) is 11. The van der Waals surface area contributed by atoms with Crippen molar-refractivity contribution in [2.75, 3.05) is 25.6 Å². The van der Waals surface area contributed by atoms with Crippen molar-refractivity contribution >= 4 is 50.3 Å². The molecule has 0 fully saturated rings. The van der Waals surface area contributed by atoms with Crippen LogP contribution in [0.4, 0.5) is 10.5 Å². The number of fused-ring (bicyclic) bond motifs is 4. The third-order valence-electron chi connectivity index (χ3n) is 6.36. The number of carbonyl (C=O) groups is 2. The predicted octanol–water partition coefficient (Wildman–Crippen LogP) is 4.41. The summed E-state index contributed by atoms with van der Waals surface area (Å²) < 4.78 is 23.7. The number of amides is 2. The second-order valence-electron chi connectivity index (χ2n) is 9.41. The number of thiazole rings is 1. The lowest BCUT2D eigenvalue weighted by atomic mass is 10.1. The molecule has 3 N–H and O–H groups in total. The van der Waals surface area contributed by atoms with E-state index in [1.54, 1.807) is 13.3 Å². The number of ether oxygens (including phenoxy) is 4. The predicted molar refractivity (Wildman–Crippen MR) is 152 cm³/mol. The Bertz CT molecular complexity index is 1840. The summed E-state index contributed by atoms with van der Waals surface area (Å²) >= 11 is 1.49. The number of nitrogens with one attached hydrogen (secondary N) is 1. The van der Waals surface area contributed by atoms with Crippen LogP contribution in [0.1, 0.15) is 21.5 Å². The standard InChI is InChI=1S/C28H24N6O6S/c1-13-4-18(23-19(5-13)33-21(37-3)10-31-23)27-34-22-14(2)6-20-24(25(22)41-27)38-11-17(40-20)12-39-28(36)32-16-7-15(26(29)35)8-30-9-16/h4-10,17H,11-12H2,1-3H3,(H2,29,35)(H,32,36). The maximum atomic E-state index is 12.3. The Kier molecular flexibility index (Phi) is 6.71. The van der Waals surface area contributed by atoms with Gasteiger partial charge in [-0.3, -0.25) is 15.1 Å². The van der Waals surface area contributed by atoms with E-state index in [-0.39, 0.29) is 24.5 Å². The summed E-state index contributed by atoms with van der Waals surface area (Å²) in [5, 5.41) is 3.30. The van der Waals surface area contributed by atoms with Crippen molar-refractivity contribution in [1.82, 2.24) is 19.9 Å². The van der Waals surface area contributed by atoms with Crippen LogP contribution in [0.2, 0.25) is 0 Å². The van der Waals surface area contributed by atoms with Crippen LogP contribution in [0, 0.1) is 13.8 Å². The summed E-state index contributed by atoms with van der Waals surface area (Å²) in [6.45, 7) is 4.06. The molecule has 1 unspecified atom stereocenters. The lowest BCUT2D eigenvalue weighted by Gasteiger charge is -2.26. The first-order valence-corrected chi connectivity index (χ1v) is 13.3. The van der Waals surface area contributed by atoms with Gasteiger partial charge in [0.1, 0.15) is 22.9 Å². The molecule has 0 saturated carbocycles. The number of anilines is 1. The number of hydrogen-bond donors (Lipinski definition) is 2. The number of rotatable bonds is 6. The quantitative estimate of drug-likeness (QED) is 0.298. The SMILES string of the molecule is COc1cnc2c(-c3nc4c(C)cc5c(c4s3)OCC(COC(=O)Nc3cncc(C(N)=O)c3)O5)cc(C)cc2n1. The van der Waals surface area contributed by atoms with Crippen LogP contribution >= 0.6 is 11.3 Å². The molecule has 0 spiro atoms. The molecule has 5 aromatic rings. The Balaban J connectivity index is 1.21. The van der Waals surface area contributed by atoms with Gasteiger partial charge >= 0.3 is 6.09 Å². The maximum absolute atomic E-state index is 12.3. The van der Waals surface area contributed by atoms with E-state index in [1.807, 2.05) is 32.0 Å². The summed E-state index contributed by atoms with van der Waals surface area (Å²) in [5.41, 5.74) is 10.8. The number of nitrogens with zero attached hydrogens (tertiary/aromatic N) is 4. The first kappa shape index (κ1) is 26.2. The summed E-state index contributed by atoms with van der Waals surface area (Å²) in [5.74, 6) is 0.927. The number of aromatic nitrogens is 4. The lowest BCUT2D eigenvalue weighted by Crippen LogP contribution is -2.35. The van der Waals surface area contributed by atoms with Crippen molar-refractivity contribution in [3.05, 3.63) is 59.5 Å². The molecule has 12 nitrogen and oxygen atoms in total. The zero-order valence-electron chi connectivity index (χ0n) is 22.3. The highest BCUT2D eigenvalue weighted by atomic mass is 32.1. The van der Waals surface area contributed by atoms with Gasteiger partial charge in [0.15, 0.2) is 17.6 Å². The average Bonchev–Trinajstić information content (AvgIpc) is 3.41. The van der Waals surface area contributed by atoms with Gasteiger partial charge < -0.3 is 24.7 Å². The summed E-state index contributed by atoms with van der Waals surface area (Å²) in [7, 11) is 1.56. The molecule has 6 rings (SSSR count). The molecular formula is C28H24N6O6S. The minimum Gasteiger partial charge on any atom is -0.484 e. The van der Waals surface area contributed by atoms with Crippen LogP contribution < -0.4 is 25.3 Å².